The van der Waals surface area contributed by atoms with Gasteiger partial charge in [-0.1, -0.05) is 0 Å². The van der Waals surface area contributed by atoms with Crippen molar-refractivity contribution in [2.45, 2.75) is 62.6 Å². The fourth-order valence-electron chi connectivity index (χ4n) is 3.86. The zero-order chi connectivity index (χ0) is 21.2. The molecule has 30 heavy (non-hydrogen) atoms. The molecule has 1 aromatic heterocycles. The van der Waals surface area contributed by atoms with Gasteiger partial charge in [0, 0.05) is 20.1 Å². The van der Waals surface area contributed by atoms with Gasteiger partial charge in [-0.05, 0) is 20.3 Å². The average Bonchev–Trinajstić information content (AvgIpc) is 2.65. The molecule has 1 heterocycles. The molecule has 0 bridgehead atoms. The first kappa shape index (κ1) is 25.2. The van der Waals surface area contributed by atoms with Crippen LogP contribution in [0.4, 0.5) is 0 Å². The van der Waals surface area contributed by atoms with Gasteiger partial charge in [-0.25, -0.2) is 0 Å². The van der Waals surface area contributed by atoms with Crippen molar-refractivity contribution in [3.8, 4) is 11.3 Å². The fraction of sp³-hybridized carbons (Fsp3) is 0.400. The summed E-state index contributed by atoms with van der Waals surface area (Å²) >= 11 is -1.81. The fourth-order valence-corrected chi connectivity index (χ4v) is 6.29. The molecule has 0 aliphatic heterocycles. The van der Waals surface area contributed by atoms with Crippen LogP contribution in [0.2, 0.25) is 17.3 Å². The Hall–Kier alpha value is -1.04. The Bertz CT molecular complexity index is 990. The molecule has 3 nitrogen and oxygen atoms in total. The van der Waals surface area contributed by atoms with Gasteiger partial charge in [0.05, 0.1) is 12.2 Å². The Labute approximate surface area is 196 Å². The number of hydrogen-bond donors (Lipinski definition) is 2. The van der Waals surface area contributed by atoms with E-state index in [9.17, 15) is 0 Å². The van der Waals surface area contributed by atoms with Crippen LogP contribution in [0.3, 0.4) is 0 Å². The van der Waals surface area contributed by atoms with Crippen molar-refractivity contribution in [2.24, 2.45) is 0 Å². The van der Waals surface area contributed by atoms with E-state index in [-0.39, 0.29) is 32.3 Å². The first-order chi connectivity index (χ1) is 13.7. The van der Waals surface area contributed by atoms with Gasteiger partial charge in [-0.3, -0.25) is 0 Å². The molecular weight excluding hydrogens is 611 g/mol. The molecule has 1 aliphatic rings. The largest absolute Gasteiger partial charge is 0 e. The maximum atomic E-state index is 8.56. The summed E-state index contributed by atoms with van der Waals surface area (Å²) in [6.45, 7) is 3.32. The Kier molecular flexibility index (Phi) is 8.84. The molecule has 3 aromatic rings. The van der Waals surface area contributed by atoms with E-state index in [2.05, 4.69) is 53.7 Å². The first-order valence-electron chi connectivity index (χ1n) is 10.4. The minimum Gasteiger partial charge on any atom is 0 e. The SMILES string of the molecule is CC(O)CC(C)O.[CH3][Ge]([CH3])([CH3])[c]1ccc2cnc3c(c2c1)CCc1ccc[c-]c1-3.[Ir]. The smallest absolute Gasteiger partial charge is 0 e. The molecular formula is C25H32GeIrNO2-. The van der Waals surface area contributed by atoms with Gasteiger partial charge in [-0.2, -0.15) is 0 Å². The van der Waals surface area contributed by atoms with Gasteiger partial charge < -0.3 is 10.2 Å². The number of aliphatic hydroxyl groups is 2. The number of fused-ring (bicyclic) bond motifs is 5. The molecule has 2 N–H and O–H groups in total. The molecule has 5 heteroatoms. The second-order valence-corrected chi connectivity index (χ2v) is 19.8. The predicted molar refractivity (Wildman–Crippen MR) is 124 cm³/mol. The van der Waals surface area contributed by atoms with Crippen LogP contribution in [-0.2, 0) is 32.9 Å². The van der Waals surface area contributed by atoms with Gasteiger partial charge >= 0.3 is 135 Å². The minimum absolute atomic E-state index is 0. The van der Waals surface area contributed by atoms with Crippen LogP contribution in [0.1, 0.15) is 31.4 Å². The Balaban J connectivity index is 0.000000350. The molecule has 2 atom stereocenters. The van der Waals surface area contributed by atoms with Crippen LogP contribution in [0.25, 0.3) is 22.0 Å². The summed E-state index contributed by atoms with van der Waals surface area (Å²) in [5.41, 5.74) is 5.15. The Morgan fingerprint density at radius 1 is 1.07 bits per heavy atom. The van der Waals surface area contributed by atoms with Crippen molar-refractivity contribution in [2.75, 3.05) is 0 Å². The van der Waals surface area contributed by atoms with E-state index in [0.717, 1.165) is 18.5 Å². The summed E-state index contributed by atoms with van der Waals surface area (Å²) < 4.78 is 1.57. The molecule has 4 rings (SSSR count). The minimum atomic E-state index is -1.81. The van der Waals surface area contributed by atoms with E-state index in [4.69, 9.17) is 15.2 Å². The number of rotatable bonds is 3. The molecule has 163 valence electrons. The van der Waals surface area contributed by atoms with Gasteiger partial charge in [-0.15, -0.1) is 0 Å². The van der Waals surface area contributed by atoms with Crippen molar-refractivity contribution in [3.05, 3.63) is 59.8 Å². The van der Waals surface area contributed by atoms with Crippen LogP contribution in [0.15, 0.2) is 42.6 Å². The third-order valence-electron chi connectivity index (χ3n) is 5.37. The van der Waals surface area contributed by atoms with Gasteiger partial charge in [0.2, 0.25) is 0 Å². The molecule has 0 saturated heterocycles. The quantitative estimate of drug-likeness (QED) is 0.327. The van der Waals surface area contributed by atoms with Crippen molar-refractivity contribution < 1.29 is 30.3 Å². The summed E-state index contributed by atoms with van der Waals surface area (Å²) in [5, 5.41) is 19.8. The zero-order valence-electron chi connectivity index (χ0n) is 18.5. The number of aryl methyl sites for hydroxylation is 2. The molecule has 0 saturated carbocycles. The maximum Gasteiger partial charge on any atom is 0 e. The van der Waals surface area contributed by atoms with Crippen molar-refractivity contribution in [3.63, 3.8) is 0 Å². The summed E-state index contributed by atoms with van der Waals surface area (Å²) in [4.78, 5) is 4.76. The standard InChI is InChI=1S/C20H20GeN.C5H12O2.Ir/c1-21(2,3)16-10-8-15-13-22-20-17-7-5-4-6-14(17)9-11-18(20)19(15)12-16;1-4(6)3-5(2)7;/h4-6,8,10,12-13H,9,11H2,1-3H3;4-7H,3H2,1-2H3;/q-1;;. The number of benzene rings is 2. The topological polar surface area (TPSA) is 53.4 Å². The van der Waals surface area contributed by atoms with Crippen molar-refractivity contribution >= 4 is 28.4 Å². The third kappa shape index (κ3) is 6.02. The number of aliphatic hydroxyl groups excluding tert-OH is 2. The first-order valence-corrected chi connectivity index (χ1v) is 17.8. The molecule has 2 unspecified atom stereocenters. The van der Waals surface area contributed by atoms with Crippen LogP contribution >= 0.6 is 0 Å². The zero-order valence-corrected chi connectivity index (χ0v) is 23.0. The number of hydrogen-bond acceptors (Lipinski definition) is 3. The molecule has 1 aliphatic carbocycles. The van der Waals surface area contributed by atoms with Crippen LogP contribution in [-0.4, -0.2) is 40.7 Å². The molecule has 0 fully saturated rings. The Morgan fingerprint density at radius 3 is 2.37 bits per heavy atom. The molecule has 2 aromatic carbocycles. The van der Waals surface area contributed by atoms with E-state index in [0.29, 0.717) is 6.42 Å². The third-order valence-corrected chi connectivity index (χ3v) is 9.66. The van der Waals surface area contributed by atoms with E-state index in [1.807, 2.05) is 12.3 Å². The number of nitrogens with zero attached hydrogens (tertiary/aromatic N) is 1. The summed E-state index contributed by atoms with van der Waals surface area (Å²) in [6.07, 6.45) is 3.94. The molecule has 0 spiro atoms. The van der Waals surface area contributed by atoms with Crippen molar-refractivity contribution in [1.82, 2.24) is 4.98 Å². The Morgan fingerprint density at radius 2 is 1.77 bits per heavy atom. The summed E-state index contributed by atoms with van der Waals surface area (Å²) in [7, 11) is 0. The maximum absolute atomic E-state index is 8.56. The normalized spacial score (nSPS) is 14.5. The van der Waals surface area contributed by atoms with Gasteiger partial charge in [0.1, 0.15) is 0 Å². The summed E-state index contributed by atoms with van der Waals surface area (Å²) in [5.74, 6) is 7.37. The molecule has 1 radical (unpaired) electrons. The summed E-state index contributed by atoms with van der Waals surface area (Å²) in [6, 6.07) is 16.7. The van der Waals surface area contributed by atoms with Gasteiger partial charge in [0.25, 0.3) is 0 Å². The number of pyridine rings is 1. The predicted octanol–water partition coefficient (Wildman–Crippen LogP) is 4.48. The van der Waals surface area contributed by atoms with E-state index in [1.165, 1.54) is 27.5 Å². The second-order valence-electron chi connectivity index (χ2n) is 9.14. The second kappa shape index (κ2) is 10.5. The average molecular weight is 643 g/mol. The van der Waals surface area contributed by atoms with E-state index >= 15 is 0 Å². The van der Waals surface area contributed by atoms with E-state index in [1.54, 1.807) is 18.2 Å². The van der Waals surface area contributed by atoms with Crippen LogP contribution in [0, 0.1) is 6.07 Å². The van der Waals surface area contributed by atoms with Gasteiger partial charge in [0.15, 0.2) is 0 Å². The molecule has 0 amide bonds. The van der Waals surface area contributed by atoms with Crippen LogP contribution < -0.4 is 4.40 Å². The number of aromatic nitrogens is 1. The van der Waals surface area contributed by atoms with Crippen molar-refractivity contribution in [1.29, 1.82) is 0 Å². The van der Waals surface area contributed by atoms with E-state index < -0.39 is 13.3 Å². The monoisotopic (exact) mass is 645 g/mol. The van der Waals surface area contributed by atoms with Crippen LogP contribution in [0.5, 0.6) is 0 Å².